The lowest BCUT2D eigenvalue weighted by Gasteiger charge is -2.17. The van der Waals surface area contributed by atoms with Gasteiger partial charge >= 0.3 is 0 Å². The molecule has 0 aliphatic heterocycles. The van der Waals surface area contributed by atoms with Gasteiger partial charge in [-0.05, 0) is 31.0 Å². The van der Waals surface area contributed by atoms with Gasteiger partial charge in [-0.25, -0.2) is 4.79 Å². The SMILES string of the molecule is CN(C)c1ccc(O)c(C2(N=C=O)CC2)c1. The van der Waals surface area contributed by atoms with Gasteiger partial charge in [-0.15, -0.1) is 0 Å². The third-order valence-corrected chi connectivity index (χ3v) is 2.98. The number of benzene rings is 1. The number of hydrogen-bond donors (Lipinski definition) is 1. The molecular formula is C12H14N2O2. The predicted octanol–water partition coefficient (Wildman–Crippen LogP) is 1.78. The maximum atomic E-state index is 10.4. The van der Waals surface area contributed by atoms with Crippen molar-refractivity contribution in [2.45, 2.75) is 18.4 Å². The molecule has 1 aliphatic carbocycles. The second-order valence-electron chi connectivity index (χ2n) is 4.33. The van der Waals surface area contributed by atoms with Gasteiger partial charge in [0.15, 0.2) is 0 Å². The van der Waals surface area contributed by atoms with Crippen LogP contribution in [0.2, 0.25) is 0 Å². The molecule has 0 atom stereocenters. The van der Waals surface area contributed by atoms with Gasteiger partial charge in [-0.2, -0.15) is 4.99 Å². The second-order valence-corrected chi connectivity index (χ2v) is 4.33. The molecule has 0 saturated heterocycles. The lowest BCUT2D eigenvalue weighted by molar-refractivity contribution is 0.459. The average Bonchev–Trinajstić information content (AvgIpc) is 2.99. The van der Waals surface area contributed by atoms with Crippen LogP contribution in [-0.4, -0.2) is 25.3 Å². The highest BCUT2D eigenvalue weighted by atomic mass is 16.3. The van der Waals surface area contributed by atoms with Crippen molar-refractivity contribution < 1.29 is 9.90 Å². The summed E-state index contributed by atoms with van der Waals surface area (Å²) in [6.45, 7) is 0. The summed E-state index contributed by atoms with van der Waals surface area (Å²) < 4.78 is 0. The standard InChI is InChI=1S/C12H14N2O2/c1-14(2)9-3-4-11(16)10(7-9)12(5-6-12)13-8-15/h3-4,7,16H,5-6H2,1-2H3. The molecule has 84 valence electrons. The molecule has 1 saturated carbocycles. The molecule has 2 rings (SSSR count). The van der Waals surface area contributed by atoms with Gasteiger partial charge in [0.05, 0.1) is 0 Å². The van der Waals surface area contributed by atoms with Crippen LogP contribution in [0.25, 0.3) is 0 Å². The van der Waals surface area contributed by atoms with Gasteiger partial charge in [0, 0.05) is 25.3 Å². The lowest BCUT2D eigenvalue weighted by Crippen LogP contribution is -2.10. The van der Waals surface area contributed by atoms with Crippen molar-refractivity contribution >= 4 is 11.8 Å². The Bertz CT molecular complexity index is 458. The molecule has 4 nitrogen and oxygen atoms in total. The van der Waals surface area contributed by atoms with Crippen molar-refractivity contribution in [2.24, 2.45) is 4.99 Å². The fourth-order valence-corrected chi connectivity index (χ4v) is 1.82. The summed E-state index contributed by atoms with van der Waals surface area (Å²) in [4.78, 5) is 16.1. The Balaban J connectivity index is 2.47. The van der Waals surface area contributed by atoms with E-state index < -0.39 is 5.54 Å². The van der Waals surface area contributed by atoms with E-state index in [4.69, 9.17) is 0 Å². The summed E-state index contributed by atoms with van der Waals surface area (Å²) in [6.07, 6.45) is 3.19. The number of nitrogens with zero attached hydrogens (tertiary/aromatic N) is 2. The Kier molecular flexibility index (Phi) is 2.44. The number of carbonyl (C=O) groups excluding carboxylic acids is 1. The van der Waals surface area contributed by atoms with E-state index in [9.17, 15) is 9.90 Å². The molecule has 0 amide bonds. The van der Waals surface area contributed by atoms with Gasteiger partial charge in [0.25, 0.3) is 0 Å². The van der Waals surface area contributed by atoms with Gasteiger partial charge in [-0.3, -0.25) is 0 Å². The monoisotopic (exact) mass is 218 g/mol. The number of hydrogen-bond acceptors (Lipinski definition) is 4. The van der Waals surface area contributed by atoms with E-state index in [2.05, 4.69) is 4.99 Å². The first-order valence-electron chi connectivity index (χ1n) is 5.19. The van der Waals surface area contributed by atoms with E-state index in [0.29, 0.717) is 0 Å². The van der Waals surface area contributed by atoms with Gasteiger partial charge in [0.1, 0.15) is 11.3 Å². The lowest BCUT2D eigenvalue weighted by atomic mass is 10.0. The Labute approximate surface area is 94.2 Å². The van der Waals surface area contributed by atoms with E-state index in [1.165, 1.54) is 0 Å². The van der Waals surface area contributed by atoms with Crippen LogP contribution in [0.5, 0.6) is 5.75 Å². The molecule has 0 unspecified atom stereocenters. The summed E-state index contributed by atoms with van der Waals surface area (Å²) in [5, 5.41) is 9.81. The molecule has 1 aromatic carbocycles. The molecular weight excluding hydrogens is 204 g/mol. The van der Waals surface area contributed by atoms with Crippen LogP contribution in [0.3, 0.4) is 0 Å². The van der Waals surface area contributed by atoms with Gasteiger partial charge < -0.3 is 10.0 Å². The van der Waals surface area contributed by atoms with Crippen LogP contribution in [0.15, 0.2) is 23.2 Å². The molecule has 0 spiro atoms. The Morgan fingerprint density at radius 2 is 2.12 bits per heavy atom. The predicted molar refractivity (Wildman–Crippen MR) is 61.5 cm³/mol. The normalized spacial score (nSPS) is 16.4. The third-order valence-electron chi connectivity index (χ3n) is 2.98. The molecule has 1 aliphatic rings. The third kappa shape index (κ3) is 1.68. The fourth-order valence-electron chi connectivity index (χ4n) is 1.82. The number of phenolic OH excluding ortho intramolecular Hbond substituents is 1. The Morgan fingerprint density at radius 1 is 1.44 bits per heavy atom. The molecule has 0 bridgehead atoms. The Hall–Kier alpha value is -1.80. The maximum absolute atomic E-state index is 10.4. The second kappa shape index (κ2) is 3.65. The number of rotatable bonds is 3. The van der Waals surface area contributed by atoms with Crippen LogP contribution in [-0.2, 0) is 10.3 Å². The van der Waals surface area contributed by atoms with Crippen LogP contribution in [0, 0.1) is 0 Å². The first kappa shape index (κ1) is 10.7. The van der Waals surface area contributed by atoms with Crippen molar-refractivity contribution in [3.05, 3.63) is 23.8 Å². The molecule has 0 radical (unpaired) electrons. The summed E-state index contributed by atoms with van der Waals surface area (Å²) in [5.74, 6) is 0.196. The van der Waals surface area contributed by atoms with Crippen LogP contribution >= 0.6 is 0 Å². The quantitative estimate of drug-likeness (QED) is 0.621. The highest BCUT2D eigenvalue weighted by molar-refractivity contribution is 5.56. The summed E-state index contributed by atoms with van der Waals surface area (Å²) >= 11 is 0. The van der Waals surface area contributed by atoms with E-state index in [1.807, 2.05) is 31.1 Å². The zero-order valence-electron chi connectivity index (χ0n) is 9.40. The summed E-state index contributed by atoms with van der Waals surface area (Å²) in [5.41, 5.74) is 1.19. The molecule has 0 heterocycles. The minimum absolute atomic E-state index is 0.196. The van der Waals surface area contributed by atoms with E-state index in [0.717, 1.165) is 24.1 Å². The molecule has 1 aromatic rings. The fraction of sp³-hybridized carbons (Fsp3) is 0.417. The van der Waals surface area contributed by atoms with Crippen LogP contribution in [0.4, 0.5) is 5.69 Å². The van der Waals surface area contributed by atoms with E-state index in [-0.39, 0.29) is 5.75 Å². The average molecular weight is 218 g/mol. The smallest absolute Gasteiger partial charge is 0.235 e. The van der Waals surface area contributed by atoms with Gasteiger partial charge in [0.2, 0.25) is 6.08 Å². The minimum Gasteiger partial charge on any atom is -0.508 e. The van der Waals surface area contributed by atoms with Crippen molar-refractivity contribution in [3.63, 3.8) is 0 Å². The van der Waals surface area contributed by atoms with E-state index >= 15 is 0 Å². The van der Waals surface area contributed by atoms with E-state index in [1.54, 1.807) is 12.1 Å². The van der Waals surface area contributed by atoms with Crippen molar-refractivity contribution in [2.75, 3.05) is 19.0 Å². The zero-order valence-corrected chi connectivity index (χ0v) is 9.40. The van der Waals surface area contributed by atoms with Crippen molar-refractivity contribution in [1.82, 2.24) is 0 Å². The molecule has 0 aromatic heterocycles. The van der Waals surface area contributed by atoms with Crippen molar-refractivity contribution in [3.8, 4) is 5.75 Å². The zero-order chi connectivity index (χ0) is 11.8. The molecule has 4 heteroatoms. The molecule has 1 fully saturated rings. The maximum Gasteiger partial charge on any atom is 0.235 e. The Morgan fingerprint density at radius 3 is 2.62 bits per heavy atom. The number of isocyanates is 1. The molecule has 16 heavy (non-hydrogen) atoms. The van der Waals surface area contributed by atoms with Crippen LogP contribution in [0.1, 0.15) is 18.4 Å². The molecule has 1 N–H and O–H groups in total. The minimum atomic E-state index is -0.516. The number of anilines is 1. The summed E-state index contributed by atoms with van der Waals surface area (Å²) in [6, 6.07) is 5.35. The topological polar surface area (TPSA) is 52.9 Å². The summed E-state index contributed by atoms with van der Waals surface area (Å²) in [7, 11) is 3.86. The number of aliphatic imine (C=N–C) groups is 1. The van der Waals surface area contributed by atoms with Crippen molar-refractivity contribution in [1.29, 1.82) is 0 Å². The number of aromatic hydroxyl groups is 1. The number of phenols is 1. The first-order valence-corrected chi connectivity index (χ1v) is 5.19. The van der Waals surface area contributed by atoms with Gasteiger partial charge in [-0.1, -0.05) is 0 Å². The highest BCUT2D eigenvalue weighted by Gasteiger charge is 2.46. The van der Waals surface area contributed by atoms with Crippen LogP contribution < -0.4 is 4.90 Å². The first-order chi connectivity index (χ1) is 7.59. The highest BCUT2D eigenvalue weighted by Crippen LogP contribution is 2.52. The largest absolute Gasteiger partial charge is 0.508 e.